The molecule has 0 aliphatic carbocycles. The minimum Gasteiger partial charge on any atom is -0.505 e. The summed E-state index contributed by atoms with van der Waals surface area (Å²) in [5.41, 5.74) is 1.97. The van der Waals surface area contributed by atoms with Gasteiger partial charge in [0, 0.05) is 28.6 Å². The van der Waals surface area contributed by atoms with Crippen molar-refractivity contribution in [2.75, 3.05) is 0 Å². The second-order valence-electron chi connectivity index (χ2n) is 6.68. The number of carboxylic acids is 1. The van der Waals surface area contributed by atoms with Crippen LogP contribution in [0.15, 0.2) is 54.7 Å². The molecule has 1 atom stereocenters. The minimum atomic E-state index is -5.08. The van der Waals surface area contributed by atoms with E-state index in [-0.39, 0.29) is 11.7 Å². The lowest BCUT2D eigenvalue weighted by Gasteiger charge is -2.21. The van der Waals surface area contributed by atoms with Gasteiger partial charge in [-0.2, -0.15) is 13.2 Å². The van der Waals surface area contributed by atoms with Gasteiger partial charge in [-0.1, -0.05) is 48.9 Å². The number of aliphatic carboxylic acids is 1. The predicted octanol–water partition coefficient (Wildman–Crippen LogP) is 5.23. The number of nitrogens with one attached hydrogen (secondary N) is 1. The lowest BCUT2D eigenvalue weighted by atomic mass is 9.96. The number of nitrogens with zero attached hydrogens (tertiary/aromatic N) is 1. The fraction of sp³-hybridized carbons (Fsp3) is 0.227. The van der Waals surface area contributed by atoms with Gasteiger partial charge < -0.3 is 15.5 Å². The second kappa shape index (κ2) is 10.8. The molecule has 1 aromatic heterocycles. The number of halogens is 4. The average Bonchev–Trinajstić information content (AvgIpc) is 2.73. The number of pyridine rings is 1. The van der Waals surface area contributed by atoms with E-state index in [1.165, 1.54) is 0 Å². The van der Waals surface area contributed by atoms with Crippen LogP contribution in [0, 0.1) is 0 Å². The quantitative estimate of drug-likeness (QED) is 0.476. The number of phenolic OH excluding ortho intramolecular Hbond substituents is 1. The van der Waals surface area contributed by atoms with Crippen LogP contribution in [-0.4, -0.2) is 33.2 Å². The first-order valence-corrected chi connectivity index (χ1v) is 9.84. The Morgan fingerprint density at radius 3 is 2.31 bits per heavy atom. The molecule has 0 aliphatic rings. The Balaban J connectivity index is 0.000000451. The predicted molar refractivity (Wildman–Crippen MR) is 113 cm³/mol. The maximum absolute atomic E-state index is 12.2. The maximum Gasteiger partial charge on any atom is 0.490 e. The summed E-state index contributed by atoms with van der Waals surface area (Å²) < 4.78 is 31.7. The van der Waals surface area contributed by atoms with Crippen molar-refractivity contribution in [3.63, 3.8) is 0 Å². The van der Waals surface area contributed by atoms with Gasteiger partial charge in [0.25, 0.3) is 0 Å². The molecule has 2 aromatic carbocycles. The Bertz CT molecular complexity index is 1090. The smallest absolute Gasteiger partial charge is 0.490 e. The molecule has 0 saturated carbocycles. The van der Waals surface area contributed by atoms with Gasteiger partial charge in [0.1, 0.15) is 11.3 Å². The molecule has 3 rings (SSSR count). The largest absolute Gasteiger partial charge is 0.505 e. The number of rotatable bonds is 5. The van der Waals surface area contributed by atoms with E-state index in [9.17, 15) is 23.1 Å². The van der Waals surface area contributed by atoms with Crippen molar-refractivity contribution in [3.8, 4) is 5.75 Å². The number of phenols is 1. The molecule has 32 heavy (non-hydrogen) atoms. The van der Waals surface area contributed by atoms with E-state index < -0.39 is 18.2 Å². The van der Waals surface area contributed by atoms with Crippen LogP contribution < -0.4 is 5.32 Å². The number of hydrogen-bond donors (Lipinski definition) is 3. The van der Waals surface area contributed by atoms with Crippen LogP contribution >= 0.6 is 11.6 Å². The number of carboxylic acid groups (broad SMARTS) is 1. The number of fused-ring (bicyclic) bond motifs is 1. The monoisotopic (exact) mass is 468 g/mol. The van der Waals surface area contributed by atoms with E-state index >= 15 is 0 Å². The molecule has 1 amide bonds. The Morgan fingerprint density at radius 2 is 1.75 bits per heavy atom. The summed E-state index contributed by atoms with van der Waals surface area (Å²) in [5.74, 6) is -2.75. The number of carbonyl (C=O) groups excluding carboxylic acids is 1. The lowest BCUT2D eigenvalue weighted by Crippen LogP contribution is -2.29. The zero-order chi connectivity index (χ0) is 23.9. The van der Waals surface area contributed by atoms with Gasteiger partial charge in [0.15, 0.2) is 0 Å². The Hall–Kier alpha value is -3.33. The minimum absolute atomic E-state index is 0.0667. The third-order valence-electron chi connectivity index (χ3n) is 4.32. The zero-order valence-corrected chi connectivity index (χ0v) is 17.6. The van der Waals surface area contributed by atoms with Gasteiger partial charge in [0.05, 0.1) is 6.04 Å². The molecule has 1 heterocycles. The molecular formula is C22H20ClF3N2O4. The van der Waals surface area contributed by atoms with Crippen molar-refractivity contribution < 1.29 is 33.0 Å². The van der Waals surface area contributed by atoms with Crippen molar-refractivity contribution >= 4 is 34.4 Å². The first-order chi connectivity index (χ1) is 15.0. The van der Waals surface area contributed by atoms with Gasteiger partial charge >= 0.3 is 12.1 Å². The zero-order valence-electron chi connectivity index (χ0n) is 16.9. The highest BCUT2D eigenvalue weighted by Gasteiger charge is 2.38. The van der Waals surface area contributed by atoms with Crippen LogP contribution in [0.5, 0.6) is 5.75 Å². The number of benzene rings is 2. The van der Waals surface area contributed by atoms with Crippen LogP contribution in [0.3, 0.4) is 0 Å². The molecule has 170 valence electrons. The van der Waals surface area contributed by atoms with Crippen molar-refractivity contribution in [2.24, 2.45) is 0 Å². The average molecular weight is 469 g/mol. The van der Waals surface area contributed by atoms with Gasteiger partial charge in [-0.25, -0.2) is 4.79 Å². The molecule has 10 heteroatoms. The number of amides is 1. The standard InChI is InChI=1S/C20H19ClN2O2.C2HF3O2/c1-2-4-17(24)23-18(14-6-9-15(21)10-7-14)16-11-8-13-5-3-12-22-19(13)20(16)25;3-2(4,5)1(6)7/h3,5-12,18,25H,2,4H2,1H3,(H,23,24);(H,6,7). The topological polar surface area (TPSA) is 99.5 Å². The number of alkyl halides is 3. The van der Waals surface area contributed by atoms with Crippen LogP contribution in [0.1, 0.15) is 36.9 Å². The molecule has 0 spiro atoms. The molecule has 6 nitrogen and oxygen atoms in total. The number of aromatic nitrogens is 1. The van der Waals surface area contributed by atoms with E-state index in [4.69, 9.17) is 21.5 Å². The summed E-state index contributed by atoms with van der Waals surface area (Å²) in [7, 11) is 0. The third kappa shape index (κ3) is 6.58. The highest BCUT2D eigenvalue weighted by Crippen LogP contribution is 2.34. The third-order valence-corrected chi connectivity index (χ3v) is 4.57. The molecule has 0 radical (unpaired) electrons. The maximum atomic E-state index is 12.2. The molecular weight excluding hydrogens is 449 g/mol. The summed E-state index contributed by atoms with van der Waals surface area (Å²) in [4.78, 5) is 25.4. The van der Waals surface area contributed by atoms with E-state index in [0.717, 1.165) is 17.4 Å². The highest BCUT2D eigenvalue weighted by molar-refractivity contribution is 6.30. The van der Waals surface area contributed by atoms with Crippen molar-refractivity contribution in [1.82, 2.24) is 10.3 Å². The van der Waals surface area contributed by atoms with E-state index in [2.05, 4.69) is 10.3 Å². The Morgan fingerprint density at radius 1 is 1.12 bits per heavy atom. The van der Waals surface area contributed by atoms with Crippen LogP contribution in [-0.2, 0) is 9.59 Å². The molecule has 0 fully saturated rings. The second-order valence-corrected chi connectivity index (χ2v) is 7.12. The van der Waals surface area contributed by atoms with Gasteiger partial charge in [0.2, 0.25) is 5.91 Å². The number of hydrogen-bond acceptors (Lipinski definition) is 4. The Kier molecular flexibility index (Phi) is 8.42. The van der Waals surface area contributed by atoms with Gasteiger partial charge in [-0.15, -0.1) is 0 Å². The van der Waals surface area contributed by atoms with Gasteiger partial charge in [-0.3, -0.25) is 9.78 Å². The van der Waals surface area contributed by atoms with Crippen molar-refractivity contribution in [1.29, 1.82) is 0 Å². The van der Waals surface area contributed by atoms with E-state index in [1.54, 1.807) is 18.3 Å². The van der Waals surface area contributed by atoms with Crippen molar-refractivity contribution in [3.05, 3.63) is 70.9 Å². The summed E-state index contributed by atoms with van der Waals surface area (Å²) in [6.07, 6.45) is -2.26. The first-order valence-electron chi connectivity index (χ1n) is 9.46. The fourth-order valence-corrected chi connectivity index (χ4v) is 2.96. The van der Waals surface area contributed by atoms with Gasteiger partial charge in [-0.05, 0) is 30.2 Å². The van der Waals surface area contributed by atoms with Crippen LogP contribution in [0.25, 0.3) is 10.9 Å². The number of carbonyl (C=O) groups is 2. The lowest BCUT2D eigenvalue weighted by molar-refractivity contribution is -0.192. The molecule has 1 unspecified atom stereocenters. The fourth-order valence-electron chi connectivity index (χ4n) is 2.83. The molecule has 3 N–H and O–H groups in total. The summed E-state index contributed by atoms with van der Waals surface area (Å²) in [5, 5.41) is 22.3. The van der Waals surface area contributed by atoms with Crippen LogP contribution in [0.4, 0.5) is 13.2 Å². The summed E-state index contributed by atoms with van der Waals surface area (Å²) >= 11 is 5.98. The molecule has 3 aromatic rings. The highest BCUT2D eigenvalue weighted by atomic mass is 35.5. The summed E-state index contributed by atoms with van der Waals surface area (Å²) in [6.45, 7) is 1.95. The van der Waals surface area contributed by atoms with Crippen LogP contribution in [0.2, 0.25) is 5.02 Å². The first kappa shape index (κ1) is 24.9. The Labute approximate surface area is 186 Å². The van der Waals surface area contributed by atoms with E-state index in [1.807, 2.05) is 43.3 Å². The SMILES string of the molecule is CCCC(=O)NC(c1ccc(Cl)cc1)c1ccc2cccnc2c1O.O=C(O)C(F)(F)F. The molecule has 0 saturated heterocycles. The molecule has 0 aliphatic heterocycles. The molecule has 0 bridgehead atoms. The van der Waals surface area contributed by atoms with E-state index in [0.29, 0.717) is 22.5 Å². The summed E-state index contributed by atoms with van der Waals surface area (Å²) in [6, 6.07) is 14.2. The number of aromatic hydroxyl groups is 1. The van der Waals surface area contributed by atoms with Crippen molar-refractivity contribution in [2.45, 2.75) is 32.0 Å². The normalized spacial score (nSPS) is 11.9.